The zero-order valence-electron chi connectivity index (χ0n) is 12.1. The number of nitrogens with one attached hydrogen (secondary N) is 2. The molecule has 1 saturated heterocycles. The molecule has 3 rings (SSSR count). The van der Waals surface area contributed by atoms with Gasteiger partial charge in [0.1, 0.15) is 0 Å². The Morgan fingerprint density at radius 2 is 1.87 bits per heavy atom. The molecule has 2 N–H and O–H groups in total. The number of carbonyl (C=O) groups is 3. The molecule has 0 aromatic heterocycles. The van der Waals surface area contributed by atoms with Crippen LogP contribution in [0.25, 0.3) is 0 Å². The molecule has 2 fully saturated rings. The molecule has 1 aliphatic carbocycles. The summed E-state index contributed by atoms with van der Waals surface area (Å²) in [5, 5.41) is 5.69. The van der Waals surface area contributed by atoms with Crippen LogP contribution in [0.4, 0.5) is 5.69 Å². The highest BCUT2D eigenvalue weighted by Crippen LogP contribution is 2.30. The van der Waals surface area contributed by atoms with Crippen molar-refractivity contribution in [3.63, 3.8) is 0 Å². The van der Waals surface area contributed by atoms with Gasteiger partial charge in [-0.3, -0.25) is 14.4 Å². The first-order valence-electron chi connectivity index (χ1n) is 7.30. The van der Waals surface area contributed by atoms with Crippen molar-refractivity contribution in [3.05, 3.63) is 28.2 Å². The van der Waals surface area contributed by atoms with E-state index in [1.807, 2.05) is 0 Å². The predicted octanol–water partition coefficient (Wildman–Crippen LogP) is 1.81. The molecule has 3 amide bonds. The number of hydrogen-bond acceptors (Lipinski definition) is 3. The van der Waals surface area contributed by atoms with Gasteiger partial charge in [-0.15, -0.1) is 0 Å². The molecule has 0 bridgehead atoms. The third-order valence-corrected chi connectivity index (χ3v) is 4.60. The summed E-state index contributed by atoms with van der Waals surface area (Å²) in [5.74, 6) is -1.55. The number of anilines is 1. The van der Waals surface area contributed by atoms with Crippen LogP contribution in [0.1, 0.15) is 19.3 Å². The Hall–Kier alpha value is -1.79. The maximum absolute atomic E-state index is 11.9. The van der Waals surface area contributed by atoms with Crippen molar-refractivity contribution in [1.82, 2.24) is 10.2 Å². The van der Waals surface area contributed by atoms with Gasteiger partial charge in [0.25, 0.3) is 0 Å². The minimum Gasteiger partial charge on any atom is -0.343 e. The number of hydrogen-bond donors (Lipinski definition) is 2. The Bertz CT molecular complexity index is 676. The number of likely N-dealkylation sites (tertiary alicyclic amines) is 1. The standard InChI is InChI=1S/C15H15Cl2N3O3/c16-11-4-1-8(5-12(11)17)18-14(22)15(23)19-9-6-13(21)20(7-9)10-2-3-10/h1,4-5,9-10H,2-3,6-7H2,(H,18,22)(H,19,23). The monoisotopic (exact) mass is 355 g/mol. The fourth-order valence-corrected chi connectivity index (χ4v) is 2.88. The van der Waals surface area contributed by atoms with E-state index in [0.29, 0.717) is 23.3 Å². The maximum Gasteiger partial charge on any atom is 0.313 e. The SMILES string of the molecule is O=C(Nc1ccc(Cl)c(Cl)c1)C(=O)NC1CC(=O)N(C2CC2)C1. The summed E-state index contributed by atoms with van der Waals surface area (Å²) < 4.78 is 0. The maximum atomic E-state index is 11.9. The average Bonchev–Trinajstić information content (AvgIpc) is 3.27. The molecular weight excluding hydrogens is 341 g/mol. The van der Waals surface area contributed by atoms with Crippen LogP contribution >= 0.6 is 23.2 Å². The molecule has 1 aromatic rings. The molecule has 23 heavy (non-hydrogen) atoms. The lowest BCUT2D eigenvalue weighted by molar-refractivity contribution is -0.136. The number of nitrogens with zero attached hydrogens (tertiary/aromatic N) is 1. The molecule has 1 saturated carbocycles. The van der Waals surface area contributed by atoms with Crippen LogP contribution < -0.4 is 10.6 Å². The average molecular weight is 356 g/mol. The Kier molecular flexibility index (Phi) is 4.46. The second-order valence-electron chi connectivity index (χ2n) is 5.73. The third-order valence-electron chi connectivity index (χ3n) is 3.87. The molecular formula is C15H15Cl2N3O3. The third kappa shape index (κ3) is 3.76. The second-order valence-corrected chi connectivity index (χ2v) is 6.55. The van der Waals surface area contributed by atoms with Gasteiger partial charge in [-0.1, -0.05) is 23.2 Å². The molecule has 1 atom stereocenters. The summed E-state index contributed by atoms with van der Waals surface area (Å²) in [4.78, 5) is 37.5. The molecule has 2 aliphatic rings. The van der Waals surface area contributed by atoms with Crippen molar-refractivity contribution < 1.29 is 14.4 Å². The van der Waals surface area contributed by atoms with Gasteiger partial charge in [-0.25, -0.2) is 0 Å². The lowest BCUT2D eigenvalue weighted by atomic mass is 10.2. The summed E-state index contributed by atoms with van der Waals surface area (Å²) in [6.45, 7) is 0.468. The largest absolute Gasteiger partial charge is 0.343 e. The summed E-state index contributed by atoms with van der Waals surface area (Å²) in [5.41, 5.74) is 0.377. The normalized spacial score (nSPS) is 20.5. The highest BCUT2D eigenvalue weighted by Gasteiger charge is 2.40. The number of carbonyl (C=O) groups excluding carboxylic acids is 3. The van der Waals surface area contributed by atoms with Crippen LogP contribution in [0.2, 0.25) is 10.0 Å². The lowest BCUT2D eigenvalue weighted by Gasteiger charge is -2.16. The zero-order valence-corrected chi connectivity index (χ0v) is 13.7. The second kappa shape index (κ2) is 6.37. The highest BCUT2D eigenvalue weighted by atomic mass is 35.5. The van der Waals surface area contributed by atoms with Gasteiger partial charge in [-0.2, -0.15) is 0 Å². The van der Waals surface area contributed by atoms with E-state index in [-0.39, 0.29) is 23.4 Å². The zero-order chi connectivity index (χ0) is 16.6. The number of benzene rings is 1. The van der Waals surface area contributed by atoms with Crippen molar-refractivity contribution in [2.75, 3.05) is 11.9 Å². The molecule has 0 spiro atoms. The van der Waals surface area contributed by atoms with E-state index in [1.54, 1.807) is 11.0 Å². The lowest BCUT2D eigenvalue weighted by Crippen LogP contribution is -2.43. The molecule has 1 unspecified atom stereocenters. The Morgan fingerprint density at radius 1 is 1.13 bits per heavy atom. The smallest absolute Gasteiger partial charge is 0.313 e. The van der Waals surface area contributed by atoms with Crippen molar-refractivity contribution in [2.24, 2.45) is 0 Å². The van der Waals surface area contributed by atoms with Gasteiger partial charge < -0.3 is 15.5 Å². The van der Waals surface area contributed by atoms with Gasteiger partial charge in [0.15, 0.2) is 0 Å². The minimum atomic E-state index is -0.805. The number of rotatable bonds is 3. The van der Waals surface area contributed by atoms with Crippen LogP contribution in [0, 0.1) is 0 Å². The van der Waals surface area contributed by atoms with E-state index in [1.165, 1.54) is 12.1 Å². The van der Waals surface area contributed by atoms with Crippen LogP contribution in [-0.2, 0) is 14.4 Å². The molecule has 1 aliphatic heterocycles. The van der Waals surface area contributed by atoms with E-state index in [2.05, 4.69) is 10.6 Å². The van der Waals surface area contributed by atoms with Crippen LogP contribution in [-0.4, -0.2) is 41.2 Å². The van der Waals surface area contributed by atoms with E-state index in [9.17, 15) is 14.4 Å². The fraction of sp³-hybridized carbons (Fsp3) is 0.400. The summed E-state index contributed by atoms with van der Waals surface area (Å²) in [6.07, 6.45) is 2.27. The Balaban J connectivity index is 1.54. The Labute approximate surface area is 143 Å². The first kappa shape index (κ1) is 16.1. The first-order valence-corrected chi connectivity index (χ1v) is 8.06. The molecule has 1 heterocycles. The van der Waals surface area contributed by atoms with Gasteiger partial charge in [0, 0.05) is 24.7 Å². The van der Waals surface area contributed by atoms with E-state index in [0.717, 1.165) is 12.8 Å². The highest BCUT2D eigenvalue weighted by molar-refractivity contribution is 6.43. The number of amides is 3. The van der Waals surface area contributed by atoms with Crippen LogP contribution in [0.5, 0.6) is 0 Å². The predicted molar refractivity (Wildman–Crippen MR) is 86.4 cm³/mol. The van der Waals surface area contributed by atoms with E-state index < -0.39 is 11.8 Å². The van der Waals surface area contributed by atoms with E-state index in [4.69, 9.17) is 23.2 Å². The summed E-state index contributed by atoms with van der Waals surface area (Å²) >= 11 is 11.6. The molecule has 0 radical (unpaired) electrons. The van der Waals surface area contributed by atoms with Gasteiger partial charge in [0.2, 0.25) is 5.91 Å². The molecule has 1 aromatic carbocycles. The first-order chi connectivity index (χ1) is 10.9. The molecule has 6 nitrogen and oxygen atoms in total. The Morgan fingerprint density at radius 3 is 2.52 bits per heavy atom. The van der Waals surface area contributed by atoms with Gasteiger partial charge in [-0.05, 0) is 31.0 Å². The quantitative estimate of drug-likeness (QED) is 0.811. The molecule has 122 valence electrons. The topological polar surface area (TPSA) is 78.5 Å². The molecule has 8 heteroatoms. The summed E-state index contributed by atoms with van der Waals surface area (Å²) in [7, 11) is 0. The van der Waals surface area contributed by atoms with E-state index >= 15 is 0 Å². The van der Waals surface area contributed by atoms with Crippen molar-refractivity contribution in [3.8, 4) is 0 Å². The minimum absolute atomic E-state index is 0.0303. The number of halogens is 2. The summed E-state index contributed by atoms with van der Waals surface area (Å²) in [6, 6.07) is 4.53. The van der Waals surface area contributed by atoms with Gasteiger partial charge in [0.05, 0.1) is 16.1 Å². The van der Waals surface area contributed by atoms with Crippen molar-refractivity contribution in [2.45, 2.75) is 31.3 Å². The fourth-order valence-electron chi connectivity index (χ4n) is 2.58. The van der Waals surface area contributed by atoms with Crippen LogP contribution in [0.15, 0.2) is 18.2 Å². The van der Waals surface area contributed by atoms with Crippen molar-refractivity contribution >= 4 is 46.6 Å². The van der Waals surface area contributed by atoms with Gasteiger partial charge >= 0.3 is 11.8 Å². The van der Waals surface area contributed by atoms with Crippen LogP contribution in [0.3, 0.4) is 0 Å². The van der Waals surface area contributed by atoms with Crippen molar-refractivity contribution in [1.29, 1.82) is 0 Å².